The summed E-state index contributed by atoms with van der Waals surface area (Å²) in [6.07, 6.45) is 1.08. The van der Waals surface area contributed by atoms with Crippen molar-refractivity contribution in [2.24, 2.45) is 0 Å². The number of benzene rings is 2. The molecule has 110 valence electrons. The van der Waals surface area contributed by atoms with Crippen molar-refractivity contribution in [3.05, 3.63) is 60.2 Å². The number of methoxy groups -OCH3 is 1. The summed E-state index contributed by atoms with van der Waals surface area (Å²) in [5.74, 6) is 0.977. The second-order valence-corrected chi connectivity index (χ2v) is 5.33. The SMILES string of the molecule is COc1ccccc1C1CCNCCN1c1ccccc1. The van der Waals surface area contributed by atoms with Gasteiger partial charge in [-0.25, -0.2) is 0 Å². The minimum Gasteiger partial charge on any atom is -0.496 e. The summed E-state index contributed by atoms with van der Waals surface area (Å²) in [5, 5.41) is 3.50. The Kier molecular flexibility index (Phi) is 4.41. The Morgan fingerprint density at radius 1 is 1.00 bits per heavy atom. The lowest BCUT2D eigenvalue weighted by molar-refractivity contribution is 0.403. The van der Waals surface area contributed by atoms with Crippen LogP contribution in [0.2, 0.25) is 0 Å². The van der Waals surface area contributed by atoms with E-state index in [9.17, 15) is 0 Å². The first-order valence-corrected chi connectivity index (χ1v) is 7.55. The second-order valence-electron chi connectivity index (χ2n) is 5.33. The second kappa shape index (κ2) is 6.64. The van der Waals surface area contributed by atoms with Crippen molar-refractivity contribution in [1.82, 2.24) is 5.32 Å². The van der Waals surface area contributed by atoms with Crippen molar-refractivity contribution in [1.29, 1.82) is 0 Å². The number of nitrogens with zero attached hydrogens (tertiary/aromatic N) is 1. The van der Waals surface area contributed by atoms with Crippen molar-refractivity contribution in [3.63, 3.8) is 0 Å². The van der Waals surface area contributed by atoms with E-state index in [2.05, 4.69) is 58.7 Å². The molecule has 1 N–H and O–H groups in total. The Bertz CT molecular complexity index is 570. The highest BCUT2D eigenvalue weighted by Crippen LogP contribution is 2.35. The quantitative estimate of drug-likeness (QED) is 0.935. The minimum absolute atomic E-state index is 0.346. The smallest absolute Gasteiger partial charge is 0.124 e. The Balaban J connectivity index is 1.99. The molecule has 0 amide bonds. The van der Waals surface area contributed by atoms with Gasteiger partial charge in [-0.05, 0) is 31.2 Å². The summed E-state index contributed by atoms with van der Waals surface area (Å²) in [5.41, 5.74) is 2.55. The predicted octanol–water partition coefficient (Wildman–Crippen LogP) is 3.24. The fraction of sp³-hybridized carbons (Fsp3) is 0.333. The summed E-state index contributed by atoms with van der Waals surface area (Å²) in [7, 11) is 1.75. The van der Waals surface area contributed by atoms with Crippen LogP contribution in [0.1, 0.15) is 18.0 Å². The Morgan fingerprint density at radius 3 is 2.57 bits per heavy atom. The van der Waals surface area contributed by atoms with Gasteiger partial charge in [0, 0.05) is 24.3 Å². The fourth-order valence-corrected chi connectivity index (χ4v) is 3.07. The summed E-state index contributed by atoms with van der Waals surface area (Å²) in [4.78, 5) is 2.48. The van der Waals surface area contributed by atoms with E-state index in [4.69, 9.17) is 4.74 Å². The molecule has 0 radical (unpaired) electrons. The van der Waals surface area contributed by atoms with Crippen LogP contribution in [0.3, 0.4) is 0 Å². The Labute approximate surface area is 126 Å². The summed E-state index contributed by atoms with van der Waals surface area (Å²) >= 11 is 0. The zero-order valence-electron chi connectivity index (χ0n) is 12.5. The third kappa shape index (κ3) is 3.03. The number of anilines is 1. The van der Waals surface area contributed by atoms with E-state index >= 15 is 0 Å². The third-order valence-corrected chi connectivity index (χ3v) is 4.09. The third-order valence-electron chi connectivity index (χ3n) is 4.09. The highest BCUT2D eigenvalue weighted by molar-refractivity contribution is 5.51. The molecule has 0 aliphatic carbocycles. The monoisotopic (exact) mass is 282 g/mol. The first-order valence-electron chi connectivity index (χ1n) is 7.55. The van der Waals surface area contributed by atoms with Crippen molar-refractivity contribution in [2.75, 3.05) is 31.6 Å². The van der Waals surface area contributed by atoms with Gasteiger partial charge in [-0.2, -0.15) is 0 Å². The van der Waals surface area contributed by atoms with E-state index in [-0.39, 0.29) is 0 Å². The van der Waals surface area contributed by atoms with E-state index in [0.717, 1.165) is 31.8 Å². The van der Waals surface area contributed by atoms with E-state index < -0.39 is 0 Å². The zero-order valence-corrected chi connectivity index (χ0v) is 12.5. The highest BCUT2D eigenvalue weighted by atomic mass is 16.5. The van der Waals surface area contributed by atoms with Gasteiger partial charge in [0.25, 0.3) is 0 Å². The molecule has 0 aromatic heterocycles. The molecule has 3 heteroatoms. The molecule has 2 aromatic rings. The van der Waals surface area contributed by atoms with Crippen LogP contribution in [0.5, 0.6) is 5.75 Å². The number of hydrogen-bond donors (Lipinski definition) is 1. The maximum Gasteiger partial charge on any atom is 0.124 e. The molecule has 1 aliphatic heterocycles. The summed E-state index contributed by atoms with van der Waals surface area (Å²) < 4.78 is 5.58. The summed E-state index contributed by atoms with van der Waals surface area (Å²) in [6, 6.07) is 19.4. The number of para-hydroxylation sites is 2. The molecule has 3 rings (SSSR count). The molecule has 0 spiro atoms. The Hall–Kier alpha value is -2.00. The van der Waals surface area contributed by atoms with Crippen LogP contribution in [0.4, 0.5) is 5.69 Å². The maximum atomic E-state index is 5.58. The molecule has 0 bridgehead atoms. The van der Waals surface area contributed by atoms with Gasteiger partial charge in [-0.1, -0.05) is 36.4 Å². The first kappa shape index (κ1) is 14.0. The summed E-state index contributed by atoms with van der Waals surface area (Å²) in [6.45, 7) is 3.05. The molecule has 2 aromatic carbocycles. The van der Waals surface area contributed by atoms with Gasteiger partial charge in [-0.3, -0.25) is 0 Å². The molecule has 1 atom stereocenters. The first-order chi connectivity index (χ1) is 10.4. The molecule has 1 heterocycles. The topological polar surface area (TPSA) is 24.5 Å². The number of nitrogens with one attached hydrogen (secondary N) is 1. The molecule has 1 fully saturated rings. The lowest BCUT2D eigenvalue weighted by Gasteiger charge is -2.33. The molecular weight excluding hydrogens is 260 g/mol. The van der Waals surface area contributed by atoms with E-state index in [1.54, 1.807) is 7.11 Å². The van der Waals surface area contributed by atoms with Gasteiger partial charge in [0.1, 0.15) is 5.75 Å². The number of hydrogen-bond acceptors (Lipinski definition) is 3. The molecule has 3 nitrogen and oxygen atoms in total. The van der Waals surface area contributed by atoms with E-state index in [0.29, 0.717) is 6.04 Å². The number of rotatable bonds is 3. The van der Waals surface area contributed by atoms with Crippen LogP contribution in [0, 0.1) is 0 Å². The standard InChI is InChI=1S/C18H22N2O/c1-21-18-10-6-5-9-16(18)17-11-12-19-13-14-20(17)15-7-3-2-4-8-15/h2-10,17,19H,11-14H2,1H3. The van der Waals surface area contributed by atoms with Crippen LogP contribution < -0.4 is 15.0 Å². The molecule has 0 saturated carbocycles. The van der Waals surface area contributed by atoms with Gasteiger partial charge in [-0.15, -0.1) is 0 Å². The maximum absolute atomic E-state index is 5.58. The molecular formula is C18H22N2O. The van der Waals surface area contributed by atoms with Gasteiger partial charge in [0.2, 0.25) is 0 Å². The van der Waals surface area contributed by atoms with Crippen LogP contribution in [0.15, 0.2) is 54.6 Å². The predicted molar refractivity (Wildman–Crippen MR) is 87.0 cm³/mol. The molecule has 1 saturated heterocycles. The molecule has 1 unspecified atom stereocenters. The van der Waals surface area contributed by atoms with Crippen LogP contribution in [0.25, 0.3) is 0 Å². The largest absolute Gasteiger partial charge is 0.496 e. The van der Waals surface area contributed by atoms with E-state index in [1.165, 1.54) is 11.3 Å². The number of ether oxygens (including phenoxy) is 1. The fourth-order valence-electron chi connectivity index (χ4n) is 3.07. The van der Waals surface area contributed by atoms with Crippen LogP contribution in [-0.2, 0) is 0 Å². The van der Waals surface area contributed by atoms with Crippen molar-refractivity contribution in [3.8, 4) is 5.75 Å². The van der Waals surface area contributed by atoms with Crippen LogP contribution in [-0.4, -0.2) is 26.7 Å². The highest BCUT2D eigenvalue weighted by Gasteiger charge is 2.25. The van der Waals surface area contributed by atoms with Gasteiger partial charge in [0.15, 0.2) is 0 Å². The zero-order chi connectivity index (χ0) is 14.5. The van der Waals surface area contributed by atoms with Crippen molar-refractivity contribution < 1.29 is 4.74 Å². The van der Waals surface area contributed by atoms with Crippen LogP contribution >= 0.6 is 0 Å². The van der Waals surface area contributed by atoms with Gasteiger partial charge >= 0.3 is 0 Å². The average molecular weight is 282 g/mol. The lowest BCUT2D eigenvalue weighted by atomic mass is 10.0. The van der Waals surface area contributed by atoms with Gasteiger partial charge in [0.05, 0.1) is 13.2 Å². The average Bonchev–Trinajstić information content (AvgIpc) is 2.81. The lowest BCUT2D eigenvalue weighted by Crippen LogP contribution is -2.30. The minimum atomic E-state index is 0.346. The van der Waals surface area contributed by atoms with Gasteiger partial charge < -0.3 is 15.0 Å². The van der Waals surface area contributed by atoms with E-state index in [1.807, 2.05) is 6.07 Å². The molecule has 1 aliphatic rings. The Morgan fingerprint density at radius 2 is 1.76 bits per heavy atom. The molecule has 21 heavy (non-hydrogen) atoms. The normalized spacial score (nSPS) is 19.1. The van der Waals surface area contributed by atoms with Crippen molar-refractivity contribution in [2.45, 2.75) is 12.5 Å². The van der Waals surface area contributed by atoms with Crippen molar-refractivity contribution >= 4 is 5.69 Å².